The third-order valence-corrected chi connectivity index (χ3v) is 5.22. The summed E-state index contributed by atoms with van der Waals surface area (Å²) in [6.45, 7) is 1.34. The number of benzene rings is 1. The number of halogens is 6. The Bertz CT molecular complexity index is 879. The zero-order valence-electron chi connectivity index (χ0n) is 16.5. The third kappa shape index (κ3) is 5.39. The molecule has 3 atom stereocenters. The zero-order chi connectivity index (χ0) is 22.8. The highest BCUT2D eigenvalue weighted by Gasteiger charge is 2.38. The molecule has 1 aliphatic carbocycles. The van der Waals surface area contributed by atoms with Gasteiger partial charge in [-0.3, -0.25) is 4.79 Å². The fourth-order valence-electron chi connectivity index (χ4n) is 3.64. The average Bonchev–Trinajstić information content (AvgIpc) is 2.72. The number of allylic oxidation sites excluding steroid dienone is 4. The molecule has 0 bridgehead atoms. The second-order valence-electron chi connectivity index (χ2n) is 7.38. The molecule has 2 aliphatic rings. The van der Waals surface area contributed by atoms with Gasteiger partial charge in [0.25, 0.3) is 0 Å². The number of rotatable bonds is 5. The van der Waals surface area contributed by atoms with E-state index in [1.807, 2.05) is 12.2 Å². The van der Waals surface area contributed by atoms with E-state index in [2.05, 4.69) is 0 Å². The van der Waals surface area contributed by atoms with Crippen LogP contribution in [0.2, 0.25) is 0 Å². The Morgan fingerprint density at radius 2 is 1.74 bits per heavy atom. The molecule has 3 nitrogen and oxygen atoms in total. The van der Waals surface area contributed by atoms with E-state index in [0.29, 0.717) is 29.6 Å². The summed E-state index contributed by atoms with van der Waals surface area (Å²) in [5.41, 5.74) is -2.32. The Kier molecular flexibility index (Phi) is 6.64. The number of hydrogen-bond donors (Lipinski definition) is 0. The van der Waals surface area contributed by atoms with Crippen LogP contribution in [0.25, 0.3) is 0 Å². The van der Waals surface area contributed by atoms with Crippen LogP contribution in [0.3, 0.4) is 0 Å². The smallest absolute Gasteiger partial charge is 0.416 e. The highest BCUT2D eigenvalue weighted by Crippen LogP contribution is 2.39. The van der Waals surface area contributed by atoms with E-state index in [1.165, 1.54) is 19.3 Å². The standard InChI is InChI=1S/C22H20F6O3/c1-13(16-9-17(21(23,24)25)11-18(10-16)22(26,27)28)31-20-19(14-5-3-2-4-6-14)15(12-29)7-8-30-20/h3,5,7-14,20H,2,4,6H2,1H3/t13-,14?,20-/m1/s1. The van der Waals surface area contributed by atoms with Gasteiger partial charge in [-0.15, -0.1) is 0 Å². The molecule has 0 fully saturated rings. The SMILES string of the molecule is C[C@@H](O[C@H]1OC=CC(C=O)=C1C1C=CCCC1)c1cc(C(F)(F)F)cc(C(F)(F)F)c1. The van der Waals surface area contributed by atoms with Gasteiger partial charge >= 0.3 is 12.4 Å². The van der Waals surface area contributed by atoms with Gasteiger partial charge in [-0.05, 0) is 56.0 Å². The van der Waals surface area contributed by atoms with Crippen molar-refractivity contribution in [3.63, 3.8) is 0 Å². The summed E-state index contributed by atoms with van der Waals surface area (Å²) in [6, 6.07) is 1.32. The molecule has 0 aromatic heterocycles. The Balaban J connectivity index is 1.94. The molecule has 168 valence electrons. The maximum atomic E-state index is 13.2. The molecule has 3 rings (SSSR count). The first-order chi connectivity index (χ1) is 14.5. The van der Waals surface area contributed by atoms with E-state index in [-0.39, 0.29) is 17.5 Å². The number of alkyl halides is 6. The number of carbonyl (C=O) groups excluding carboxylic acids is 1. The summed E-state index contributed by atoms with van der Waals surface area (Å²) in [6.07, 6.45) is -2.57. The molecular weight excluding hydrogens is 426 g/mol. The molecule has 1 heterocycles. The van der Waals surface area contributed by atoms with Crippen molar-refractivity contribution in [2.75, 3.05) is 0 Å². The van der Waals surface area contributed by atoms with Crippen molar-refractivity contribution in [2.24, 2.45) is 5.92 Å². The lowest BCUT2D eigenvalue weighted by molar-refractivity contribution is -0.144. The average molecular weight is 446 g/mol. The molecule has 0 saturated heterocycles. The first-order valence-corrected chi connectivity index (χ1v) is 9.63. The van der Waals surface area contributed by atoms with E-state index in [1.54, 1.807) is 0 Å². The minimum atomic E-state index is -4.96. The fraction of sp³-hybridized carbons (Fsp3) is 0.409. The molecule has 1 unspecified atom stereocenters. The van der Waals surface area contributed by atoms with Gasteiger partial charge in [0.15, 0.2) is 0 Å². The van der Waals surface area contributed by atoms with Crippen LogP contribution in [0.4, 0.5) is 26.3 Å². The summed E-state index contributed by atoms with van der Waals surface area (Å²) in [4.78, 5) is 11.5. The Labute approximate surface area is 175 Å². The van der Waals surface area contributed by atoms with Crippen LogP contribution >= 0.6 is 0 Å². The molecule has 0 amide bonds. The van der Waals surface area contributed by atoms with Crippen molar-refractivity contribution < 1.29 is 40.6 Å². The van der Waals surface area contributed by atoms with Gasteiger partial charge < -0.3 is 9.47 Å². The third-order valence-electron chi connectivity index (χ3n) is 5.22. The molecule has 0 saturated carbocycles. The lowest BCUT2D eigenvalue weighted by atomic mass is 9.85. The van der Waals surface area contributed by atoms with Gasteiger partial charge in [0, 0.05) is 17.1 Å². The lowest BCUT2D eigenvalue weighted by Crippen LogP contribution is -2.28. The molecular formula is C22H20F6O3. The van der Waals surface area contributed by atoms with Crippen LogP contribution in [0.5, 0.6) is 0 Å². The first kappa shape index (κ1) is 23.1. The predicted octanol–water partition coefficient (Wildman–Crippen LogP) is 6.52. The Morgan fingerprint density at radius 3 is 2.26 bits per heavy atom. The maximum absolute atomic E-state index is 13.2. The van der Waals surface area contributed by atoms with Crippen LogP contribution in [-0.4, -0.2) is 12.6 Å². The summed E-state index contributed by atoms with van der Waals surface area (Å²) in [5.74, 6) is -0.177. The highest BCUT2D eigenvalue weighted by atomic mass is 19.4. The molecule has 31 heavy (non-hydrogen) atoms. The van der Waals surface area contributed by atoms with Gasteiger partial charge in [0.1, 0.15) is 6.29 Å². The second-order valence-corrected chi connectivity index (χ2v) is 7.38. The molecule has 0 spiro atoms. The lowest BCUT2D eigenvalue weighted by Gasteiger charge is -2.32. The molecule has 1 aromatic carbocycles. The van der Waals surface area contributed by atoms with E-state index in [0.717, 1.165) is 19.3 Å². The molecule has 0 radical (unpaired) electrons. The van der Waals surface area contributed by atoms with Crippen molar-refractivity contribution >= 4 is 6.29 Å². The topological polar surface area (TPSA) is 35.5 Å². The number of aldehydes is 1. The zero-order valence-corrected chi connectivity index (χ0v) is 16.5. The van der Waals surface area contributed by atoms with E-state index in [9.17, 15) is 31.1 Å². The van der Waals surface area contributed by atoms with Crippen molar-refractivity contribution in [3.8, 4) is 0 Å². The van der Waals surface area contributed by atoms with Gasteiger partial charge in [-0.2, -0.15) is 26.3 Å². The van der Waals surface area contributed by atoms with Crippen LogP contribution in [0, 0.1) is 5.92 Å². The normalized spacial score (nSPS) is 22.9. The van der Waals surface area contributed by atoms with E-state index >= 15 is 0 Å². The molecule has 9 heteroatoms. The van der Waals surface area contributed by atoms with Crippen molar-refractivity contribution in [3.05, 3.63) is 70.5 Å². The molecule has 0 N–H and O–H groups in total. The summed E-state index contributed by atoms with van der Waals surface area (Å²) in [7, 11) is 0. The quantitative estimate of drug-likeness (QED) is 0.293. The largest absolute Gasteiger partial charge is 0.468 e. The highest BCUT2D eigenvalue weighted by molar-refractivity contribution is 5.79. The number of carbonyl (C=O) groups is 1. The monoisotopic (exact) mass is 446 g/mol. The van der Waals surface area contributed by atoms with Crippen LogP contribution in [0.1, 0.15) is 49.0 Å². The van der Waals surface area contributed by atoms with Crippen molar-refractivity contribution in [2.45, 2.75) is 50.9 Å². The van der Waals surface area contributed by atoms with Gasteiger partial charge in [-0.1, -0.05) is 12.2 Å². The second kappa shape index (κ2) is 8.90. The minimum Gasteiger partial charge on any atom is -0.468 e. The van der Waals surface area contributed by atoms with Crippen molar-refractivity contribution in [1.82, 2.24) is 0 Å². The van der Waals surface area contributed by atoms with Gasteiger partial charge in [0.05, 0.1) is 23.5 Å². The van der Waals surface area contributed by atoms with Crippen LogP contribution in [0.15, 0.2) is 53.8 Å². The van der Waals surface area contributed by atoms with E-state index in [4.69, 9.17) is 9.47 Å². The number of ether oxygens (including phenoxy) is 2. The molecule has 1 aliphatic heterocycles. The van der Waals surface area contributed by atoms with Crippen LogP contribution < -0.4 is 0 Å². The van der Waals surface area contributed by atoms with Crippen LogP contribution in [-0.2, 0) is 26.6 Å². The summed E-state index contributed by atoms with van der Waals surface area (Å²) in [5, 5.41) is 0. The summed E-state index contributed by atoms with van der Waals surface area (Å²) < 4.78 is 90.2. The van der Waals surface area contributed by atoms with E-state index < -0.39 is 35.9 Å². The fourth-order valence-corrected chi connectivity index (χ4v) is 3.64. The Hall–Kier alpha value is -2.55. The van der Waals surface area contributed by atoms with Crippen molar-refractivity contribution in [1.29, 1.82) is 0 Å². The maximum Gasteiger partial charge on any atom is 0.416 e. The minimum absolute atomic E-state index is 0.0682. The van der Waals surface area contributed by atoms with Gasteiger partial charge in [-0.25, -0.2) is 0 Å². The summed E-state index contributed by atoms with van der Waals surface area (Å²) >= 11 is 0. The Morgan fingerprint density at radius 1 is 1.10 bits per heavy atom. The predicted molar refractivity (Wildman–Crippen MR) is 99.5 cm³/mol. The first-order valence-electron chi connectivity index (χ1n) is 9.63. The molecule has 1 aromatic rings. The van der Waals surface area contributed by atoms with Gasteiger partial charge in [0.2, 0.25) is 6.29 Å². The number of hydrogen-bond acceptors (Lipinski definition) is 3.